The van der Waals surface area contributed by atoms with Crippen LogP contribution < -0.4 is 0 Å². The molecule has 1 N–H and O–H groups in total. The molecule has 3 rings (SSSR count). The molecule has 1 aromatic heterocycles. The number of aromatic nitrogens is 2. The van der Waals surface area contributed by atoms with E-state index in [-0.39, 0.29) is 0 Å². The number of nitrogens with one attached hydrogen (secondary N) is 1. The molecule has 2 heteroatoms. The summed E-state index contributed by atoms with van der Waals surface area (Å²) in [6.07, 6.45) is 0. The van der Waals surface area contributed by atoms with Crippen LogP contribution >= 0.6 is 0 Å². The summed E-state index contributed by atoms with van der Waals surface area (Å²) in [5, 5.41) is 8.43. The van der Waals surface area contributed by atoms with E-state index in [1.807, 2.05) is 13.0 Å². The lowest BCUT2D eigenvalue weighted by molar-refractivity contribution is 1.07. The minimum Gasteiger partial charge on any atom is -0.282 e. The Labute approximate surface area is 93.9 Å². The van der Waals surface area contributed by atoms with Gasteiger partial charge < -0.3 is 0 Å². The molecule has 1 heterocycles. The van der Waals surface area contributed by atoms with Crippen molar-refractivity contribution in [1.29, 1.82) is 0 Å². The first-order valence-electron chi connectivity index (χ1n) is 5.35. The number of fused-ring (bicyclic) bond motifs is 1. The van der Waals surface area contributed by atoms with Gasteiger partial charge in [-0.05, 0) is 30.2 Å². The second kappa shape index (κ2) is 3.49. The molecule has 0 saturated heterocycles. The number of aromatic amines is 1. The normalized spacial score (nSPS) is 10.8. The lowest BCUT2D eigenvalue weighted by Gasteiger charge is -2.01. The van der Waals surface area contributed by atoms with Crippen LogP contribution in [0.2, 0.25) is 0 Å². The fourth-order valence-electron chi connectivity index (χ4n) is 1.95. The molecule has 0 amide bonds. The van der Waals surface area contributed by atoms with Gasteiger partial charge >= 0.3 is 0 Å². The molecule has 0 aliphatic rings. The summed E-state index contributed by atoms with van der Waals surface area (Å²) in [5.41, 5.74) is 4.62. The Hall–Kier alpha value is -2.09. The van der Waals surface area contributed by atoms with Gasteiger partial charge in [0.2, 0.25) is 0 Å². The van der Waals surface area contributed by atoms with Gasteiger partial charge in [-0.2, -0.15) is 5.10 Å². The Morgan fingerprint density at radius 3 is 2.56 bits per heavy atom. The number of rotatable bonds is 1. The first kappa shape index (κ1) is 9.16. The monoisotopic (exact) mass is 208 g/mol. The van der Waals surface area contributed by atoms with Crippen LogP contribution in [0.5, 0.6) is 0 Å². The molecule has 0 fully saturated rings. The lowest BCUT2D eigenvalue weighted by Crippen LogP contribution is -1.77. The number of hydrogen-bond acceptors (Lipinski definition) is 1. The van der Waals surface area contributed by atoms with Crippen molar-refractivity contribution in [1.82, 2.24) is 10.2 Å². The third-order valence-electron chi connectivity index (χ3n) is 2.85. The van der Waals surface area contributed by atoms with Crippen molar-refractivity contribution in [2.45, 2.75) is 6.92 Å². The van der Waals surface area contributed by atoms with Crippen LogP contribution in [0.25, 0.3) is 22.0 Å². The van der Waals surface area contributed by atoms with Crippen LogP contribution in [0.15, 0.2) is 48.5 Å². The van der Waals surface area contributed by atoms with Gasteiger partial charge in [0.15, 0.2) is 0 Å². The Kier molecular flexibility index (Phi) is 2.00. The highest BCUT2D eigenvalue weighted by atomic mass is 15.1. The Morgan fingerprint density at radius 1 is 0.938 bits per heavy atom. The molecule has 0 aliphatic heterocycles. The van der Waals surface area contributed by atoms with Gasteiger partial charge in [0.25, 0.3) is 0 Å². The average Bonchev–Trinajstić information content (AvgIpc) is 2.72. The molecule has 16 heavy (non-hydrogen) atoms. The van der Waals surface area contributed by atoms with Crippen molar-refractivity contribution >= 4 is 10.9 Å². The predicted molar refractivity (Wildman–Crippen MR) is 66.3 cm³/mol. The van der Waals surface area contributed by atoms with Gasteiger partial charge in [-0.15, -0.1) is 0 Å². The third-order valence-corrected chi connectivity index (χ3v) is 2.85. The molecule has 3 aromatic rings. The van der Waals surface area contributed by atoms with Crippen molar-refractivity contribution in [3.8, 4) is 11.1 Å². The largest absolute Gasteiger partial charge is 0.282 e. The van der Waals surface area contributed by atoms with Crippen LogP contribution in [0, 0.1) is 6.92 Å². The van der Waals surface area contributed by atoms with E-state index >= 15 is 0 Å². The van der Waals surface area contributed by atoms with Crippen molar-refractivity contribution < 1.29 is 0 Å². The van der Waals surface area contributed by atoms with Crippen molar-refractivity contribution in [2.24, 2.45) is 0 Å². The van der Waals surface area contributed by atoms with E-state index in [9.17, 15) is 0 Å². The minimum atomic E-state index is 1.03. The zero-order valence-electron chi connectivity index (χ0n) is 9.07. The Balaban J connectivity index is 2.22. The summed E-state index contributed by atoms with van der Waals surface area (Å²) in [7, 11) is 0. The van der Waals surface area contributed by atoms with E-state index in [1.165, 1.54) is 16.5 Å². The molecule has 0 radical (unpaired) electrons. The molecule has 0 aliphatic carbocycles. The van der Waals surface area contributed by atoms with E-state index < -0.39 is 0 Å². The van der Waals surface area contributed by atoms with Crippen LogP contribution in [0.3, 0.4) is 0 Å². The van der Waals surface area contributed by atoms with E-state index in [1.54, 1.807) is 0 Å². The van der Waals surface area contributed by atoms with Crippen LogP contribution in [-0.4, -0.2) is 10.2 Å². The maximum Gasteiger partial charge on any atom is 0.0924 e. The standard InChI is InChI=1S/C14H12N2/c1-10-13-9-12(7-8-14(13)16-15-10)11-5-3-2-4-6-11/h2-9H,1H3,(H,15,16). The fraction of sp³-hybridized carbons (Fsp3) is 0.0714. The number of aryl methyl sites for hydroxylation is 1. The van der Waals surface area contributed by atoms with Gasteiger partial charge in [0.1, 0.15) is 0 Å². The summed E-state index contributed by atoms with van der Waals surface area (Å²) in [4.78, 5) is 0. The second-order valence-corrected chi connectivity index (χ2v) is 3.95. The molecule has 0 spiro atoms. The number of benzene rings is 2. The van der Waals surface area contributed by atoms with Gasteiger partial charge in [0.05, 0.1) is 5.52 Å². The molecule has 2 aromatic carbocycles. The maximum absolute atomic E-state index is 4.23. The molecule has 0 atom stereocenters. The molecule has 2 nitrogen and oxygen atoms in total. The smallest absolute Gasteiger partial charge is 0.0924 e. The Bertz CT molecular complexity index is 624. The fourth-order valence-corrected chi connectivity index (χ4v) is 1.95. The summed E-state index contributed by atoms with van der Waals surface area (Å²) < 4.78 is 0. The average molecular weight is 208 g/mol. The summed E-state index contributed by atoms with van der Waals surface area (Å²) in [5.74, 6) is 0. The zero-order chi connectivity index (χ0) is 11.0. The number of hydrogen-bond donors (Lipinski definition) is 1. The maximum atomic E-state index is 4.23. The van der Waals surface area contributed by atoms with E-state index in [0.717, 1.165) is 11.2 Å². The highest BCUT2D eigenvalue weighted by Gasteiger charge is 2.03. The van der Waals surface area contributed by atoms with Crippen LogP contribution in [-0.2, 0) is 0 Å². The molecule has 0 unspecified atom stereocenters. The highest BCUT2D eigenvalue weighted by molar-refractivity contribution is 5.86. The quantitative estimate of drug-likeness (QED) is 0.651. The lowest BCUT2D eigenvalue weighted by atomic mass is 10.0. The van der Waals surface area contributed by atoms with E-state index in [0.29, 0.717) is 0 Å². The first-order chi connectivity index (χ1) is 7.84. The first-order valence-corrected chi connectivity index (χ1v) is 5.35. The van der Waals surface area contributed by atoms with E-state index in [4.69, 9.17) is 0 Å². The third kappa shape index (κ3) is 1.39. The number of nitrogens with zero attached hydrogens (tertiary/aromatic N) is 1. The van der Waals surface area contributed by atoms with Gasteiger partial charge in [-0.3, -0.25) is 5.10 Å². The summed E-state index contributed by atoms with van der Waals surface area (Å²) >= 11 is 0. The molecular weight excluding hydrogens is 196 g/mol. The predicted octanol–water partition coefficient (Wildman–Crippen LogP) is 3.54. The van der Waals surface area contributed by atoms with Crippen molar-refractivity contribution in [2.75, 3.05) is 0 Å². The highest BCUT2D eigenvalue weighted by Crippen LogP contribution is 2.24. The summed E-state index contributed by atoms with van der Waals surface area (Å²) in [6.45, 7) is 2.05. The molecule has 0 saturated carbocycles. The number of H-pyrrole nitrogens is 1. The zero-order valence-corrected chi connectivity index (χ0v) is 9.07. The molecule has 78 valence electrons. The Morgan fingerprint density at radius 2 is 1.75 bits per heavy atom. The summed E-state index contributed by atoms with van der Waals surface area (Å²) in [6, 6.07) is 16.7. The van der Waals surface area contributed by atoms with Crippen LogP contribution in [0.1, 0.15) is 5.69 Å². The second-order valence-electron chi connectivity index (χ2n) is 3.95. The molecular formula is C14H12N2. The van der Waals surface area contributed by atoms with Crippen molar-refractivity contribution in [3.63, 3.8) is 0 Å². The topological polar surface area (TPSA) is 28.7 Å². The van der Waals surface area contributed by atoms with Crippen LogP contribution in [0.4, 0.5) is 0 Å². The molecule has 0 bridgehead atoms. The van der Waals surface area contributed by atoms with Gasteiger partial charge in [-0.1, -0.05) is 36.4 Å². The van der Waals surface area contributed by atoms with E-state index in [2.05, 4.69) is 52.7 Å². The van der Waals surface area contributed by atoms with Gasteiger partial charge in [0, 0.05) is 11.1 Å². The van der Waals surface area contributed by atoms with Crippen molar-refractivity contribution in [3.05, 3.63) is 54.2 Å². The van der Waals surface area contributed by atoms with Gasteiger partial charge in [-0.25, -0.2) is 0 Å². The SMILES string of the molecule is Cc1[nH]nc2ccc(-c3ccccc3)cc12. The minimum absolute atomic E-state index is 1.03.